The highest BCUT2D eigenvalue weighted by Gasteiger charge is 2.52. The summed E-state index contributed by atoms with van der Waals surface area (Å²) >= 11 is 0. The molecule has 0 radical (unpaired) electrons. The second-order valence-corrected chi connectivity index (χ2v) is 9.04. The van der Waals surface area contributed by atoms with Crippen LogP contribution in [0.15, 0.2) is 18.2 Å². The van der Waals surface area contributed by atoms with Crippen molar-refractivity contribution in [2.75, 3.05) is 27.2 Å². The fourth-order valence-corrected chi connectivity index (χ4v) is 5.77. The average molecular weight is 341 g/mol. The van der Waals surface area contributed by atoms with E-state index in [1.54, 1.807) is 0 Å². The predicted octanol–water partition coefficient (Wildman–Crippen LogP) is 4.05. The summed E-state index contributed by atoms with van der Waals surface area (Å²) in [6.45, 7) is 4.05. The summed E-state index contributed by atoms with van der Waals surface area (Å²) < 4.78 is 5.93. The van der Waals surface area contributed by atoms with Crippen molar-refractivity contribution in [2.24, 2.45) is 17.3 Å². The van der Waals surface area contributed by atoms with Crippen LogP contribution < -0.4 is 4.74 Å². The molecule has 0 amide bonds. The van der Waals surface area contributed by atoms with E-state index in [2.05, 4.69) is 44.1 Å². The van der Waals surface area contributed by atoms with E-state index in [0.717, 1.165) is 38.2 Å². The molecule has 2 saturated carbocycles. The number of nitrogens with zero attached hydrogens (tertiary/aromatic N) is 1. The number of fused-ring (bicyclic) bond motifs is 5. The summed E-state index contributed by atoms with van der Waals surface area (Å²) in [6.07, 6.45) is 6.50. The van der Waals surface area contributed by atoms with Crippen molar-refractivity contribution < 1.29 is 9.53 Å². The van der Waals surface area contributed by atoms with Crippen LogP contribution in [-0.4, -0.2) is 37.9 Å². The van der Waals surface area contributed by atoms with Crippen molar-refractivity contribution in [3.05, 3.63) is 29.3 Å². The van der Waals surface area contributed by atoms with Gasteiger partial charge in [-0.1, -0.05) is 13.0 Å². The zero-order valence-corrected chi connectivity index (χ0v) is 15.9. The minimum absolute atomic E-state index is 0.283. The number of rotatable bonds is 4. The molecule has 0 aromatic heterocycles. The van der Waals surface area contributed by atoms with Crippen molar-refractivity contribution in [3.8, 4) is 5.75 Å². The first-order valence-corrected chi connectivity index (χ1v) is 9.88. The maximum Gasteiger partial charge on any atom is 0.133 e. The number of benzene rings is 1. The molecule has 3 aliphatic rings. The van der Waals surface area contributed by atoms with Crippen LogP contribution in [0.2, 0.25) is 0 Å². The van der Waals surface area contributed by atoms with Gasteiger partial charge < -0.3 is 9.64 Å². The third-order valence-corrected chi connectivity index (χ3v) is 7.07. The molecular formula is C22H31NO2. The van der Waals surface area contributed by atoms with E-state index in [1.165, 1.54) is 30.4 Å². The average Bonchev–Trinajstić information content (AvgIpc) is 2.88. The van der Waals surface area contributed by atoms with E-state index in [4.69, 9.17) is 4.74 Å². The molecule has 25 heavy (non-hydrogen) atoms. The number of Topliss-reactive ketones (excluding diaryl/α,β-unsaturated/α-hetero) is 1. The largest absolute Gasteiger partial charge is 0.492 e. The molecule has 0 heterocycles. The SMILES string of the molecule is CN(C)CCOc1ccc2c(c1)CC[C@@H]1[C@@H]2CC[C@]2(C)CC(=O)C[C@@H]12. The molecule has 4 atom stereocenters. The van der Waals surface area contributed by atoms with E-state index >= 15 is 0 Å². The van der Waals surface area contributed by atoms with Crippen molar-refractivity contribution in [1.29, 1.82) is 0 Å². The quantitative estimate of drug-likeness (QED) is 0.827. The zero-order chi connectivity index (χ0) is 17.6. The highest BCUT2D eigenvalue weighted by atomic mass is 16.5. The third kappa shape index (κ3) is 3.12. The van der Waals surface area contributed by atoms with Gasteiger partial charge in [-0.05, 0) is 86.2 Å². The topological polar surface area (TPSA) is 29.5 Å². The number of ketones is 1. The van der Waals surface area contributed by atoms with E-state index in [0.29, 0.717) is 23.5 Å². The third-order valence-electron chi connectivity index (χ3n) is 7.07. The molecule has 0 saturated heterocycles. The second kappa shape index (κ2) is 6.42. The van der Waals surface area contributed by atoms with Gasteiger partial charge in [0.1, 0.15) is 18.1 Å². The highest BCUT2D eigenvalue weighted by Crippen LogP contribution is 2.60. The molecule has 1 aromatic carbocycles. The fourth-order valence-electron chi connectivity index (χ4n) is 5.77. The fraction of sp³-hybridized carbons (Fsp3) is 0.682. The first-order chi connectivity index (χ1) is 12.0. The number of carbonyl (C=O) groups is 1. The Hall–Kier alpha value is -1.35. The molecule has 0 bridgehead atoms. The molecule has 0 spiro atoms. The molecule has 1 aromatic rings. The first kappa shape index (κ1) is 17.1. The van der Waals surface area contributed by atoms with Crippen molar-refractivity contribution in [3.63, 3.8) is 0 Å². The molecular weight excluding hydrogens is 310 g/mol. The Balaban J connectivity index is 1.52. The maximum atomic E-state index is 12.1. The van der Waals surface area contributed by atoms with Crippen molar-refractivity contribution in [2.45, 2.75) is 51.4 Å². The Morgan fingerprint density at radius 1 is 1.28 bits per heavy atom. The number of carbonyl (C=O) groups excluding carboxylic acids is 1. The van der Waals surface area contributed by atoms with E-state index < -0.39 is 0 Å². The van der Waals surface area contributed by atoms with Gasteiger partial charge in [0.05, 0.1) is 0 Å². The smallest absolute Gasteiger partial charge is 0.133 e. The molecule has 136 valence electrons. The summed E-state index contributed by atoms with van der Waals surface area (Å²) in [5.41, 5.74) is 3.31. The Morgan fingerprint density at radius 2 is 2.12 bits per heavy atom. The molecule has 0 N–H and O–H groups in total. The van der Waals surface area contributed by atoms with Crippen molar-refractivity contribution >= 4 is 5.78 Å². The minimum Gasteiger partial charge on any atom is -0.492 e. The summed E-state index contributed by atoms with van der Waals surface area (Å²) in [6, 6.07) is 6.75. The maximum absolute atomic E-state index is 12.1. The molecule has 2 fully saturated rings. The molecule has 3 aliphatic carbocycles. The number of hydrogen-bond donors (Lipinski definition) is 0. The van der Waals surface area contributed by atoms with Gasteiger partial charge in [0, 0.05) is 19.4 Å². The van der Waals surface area contributed by atoms with Crippen LogP contribution in [0.1, 0.15) is 56.1 Å². The van der Waals surface area contributed by atoms with Crippen LogP contribution in [0.5, 0.6) is 5.75 Å². The molecule has 4 rings (SSSR count). The van der Waals surface area contributed by atoms with Gasteiger partial charge in [-0.25, -0.2) is 0 Å². The Kier molecular flexibility index (Phi) is 4.39. The van der Waals surface area contributed by atoms with Gasteiger partial charge in [-0.2, -0.15) is 0 Å². The molecule has 0 unspecified atom stereocenters. The lowest BCUT2D eigenvalue weighted by molar-refractivity contribution is -0.118. The number of hydrogen-bond acceptors (Lipinski definition) is 3. The normalized spacial score (nSPS) is 33.8. The number of likely N-dealkylation sites (N-methyl/N-ethyl adjacent to an activating group) is 1. The van der Waals surface area contributed by atoms with E-state index in [-0.39, 0.29) is 5.41 Å². The lowest BCUT2D eigenvalue weighted by Crippen LogP contribution is -2.39. The van der Waals surface area contributed by atoms with Crippen LogP contribution >= 0.6 is 0 Å². The minimum atomic E-state index is 0.283. The van der Waals surface area contributed by atoms with Crippen LogP contribution in [-0.2, 0) is 11.2 Å². The number of aryl methyl sites for hydroxylation is 1. The Bertz CT molecular complexity index is 668. The van der Waals surface area contributed by atoms with Gasteiger partial charge in [0.15, 0.2) is 0 Å². The summed E-state index contributed by atoms with van der Waals surface area (Å²) in [5.74, 6) is 3.49. The van der Waals surface area contributed by atoms with Gasteiger partial charge in [-0.15, -0.1) is 0 Å². The lowest BCUT2D eigenvalue weighted by atomic mass is 9.56. The van der Waals surface area contributed by atoms with Crippen LogP contribution in [0, 0.1) is 17.3 Å². The van der Waals surface area contributed by atoms with Crippen LogP contribution in [0.3, 0.4) is 0 Å². The first-order valence-electron chi connectivity index (χ1n) is 9.88. The standard InChI is InChI=1S/C22H31NO2/c1-22-9-8-19-18-7-5-17(25-11-10-23(2)3)12-15(18)4-6-20(19)21(22)13-16(24)14-22/h5,7,12,19-21H,4,6,8-11,13-14H2,1-3H3/t19-,20-,21+,22-/m1/s1. The summed E-state index contributed by atoms with van der Waals surface area (Å²) in [7, 11) is 4.14. The highest BCUT2D eigenvalue weighted by molar-refractivity contribution is 5.82. The zero-order valence-electron chi connectivity index (χ0n) is 15.9. The van der Waals surface area contributed by atoms with Crippen LogP contribution in [0.4, 0.5) is 0 Å². The van der Waals surface area contributed by atoms with E-state index in [9.17, 15) is 4.79 Å². The Labute approximate surface area is 151 Å². The van der Waals surface area contributed by atoms with E-state index in [1.807, 2.05) is 0 Å². The van der Waals surface area contributed by atoms with Gasteiger partial charge in [0.2, 0.25) is 0 Å². The van der Waals surface area contributed by atoms with Crippen LogP contribution in [0.25, 0.3) is 0 Å². The predicted molar refractivity (Wildman–Crippen MR) is 100 cm³/mol. The molecule has 0 aliphatic heterocycles. The lowest BCUT2D eigenvalue weighted by Gasteiger charge is -2.48. The summed E-state index contributed by atoms with van der Waals surface area (Å²) in [4.78, 5) is 14.3. The molecule has 3 nitrogen and oxygen atoms in total. The second-order valence-electron chi connectivity index (χ2n) is 9.04. The Morgan fingerprint density at radius 3 is 2.92 bits per heavy atom. The van der Waals surface area contributed by atoms with Gasteiger partial charge in [-0.3, -0.25) is 4.79 Å². The monoisotopic (exact) mass is 341 g/mol. The van der Waals surface area contributed by atoms with Crippen molar-refractivity contribution in [1.82, 2.24) is 4.90 Å². The summed E-state index contributed by atoms with van der Waals surface area (Å²) in [5, 5.41) is 0. The number of ether oxygens (including phenoxy) is 1. The van der Waals surface area contributed by atoms with Gasteiger partial charge >= 0.3 is 0 Å². The van der Waals surface area contributed by atoms with Gasteiger partial charge in [0.25, 0.3) is 0 Å². The molecule has 3 heteroatoms.